The van der Waals surface area contributed by atoms with Crippen LogP contribution in [0.15, 0.2) is 18.2 Å². The Morgan fingerprint density at radius 1 is 1.30 bits per heavy atom. The van der Waals surface area contributed by atoms with E-state index in [1.807, 2.05) is 0 Å². The molecule has 1 fully saturated rings. The van der Waals surface area contributed by atoms with Crippen molar-refractivity contribution in [1.29, 1.82) is 0 Å². The normalized spacial score (nSPS) is 17.9. The molecule has 1 aliphatic rings. The van der Waals surface area contributed by atoms with Crippen molar-refractivity contribution in [2.45, 2.75) is 51.5 Å². The van der Waals surface area contributed by atoms with Crippen molar-refractivity contribution in [1.82, 2.24) is 5.32 Å². The quantitative estimate of drug-likeness (QED) is 0.850. The van der Waals surface area contributed by atoms with E-state index < -0.39 is 17.7 Å². The van der Waals surface area contributed by atoms with E-state index in [-0.39, 0.29) is 23.7 Å². The topological polar surface area (TPSA) is 55.1 Å². The SMILES string of the molecule is CC(NC(=O)CC1(CN)CCCCC1)c1ccc(F)cc1F.Cl. The van der Waals surface area contributed by atoms with Crippen LogP contribution in [0.1, 0.15) is 57.1 Å². The molecule has 0 radical (unpaired) electrons. The smallest absolute Gasteiger partial charge is 0.221 e. The second-order valence-electron chi connectivity index (χ2n) is 6.40. The van der Waals surface area contributed by atoms with E-state index in [1.54, 1.807) is 6.92 Å². The summed E-state index contributed by atoms with van der Waals surface area (Å²) in [5.74, 6) is -1.38. The zero-order valence-corrected chi connectivity index (χ0v) is 14.2. The monoisotopic (exact) mass is 346 g/mol. The van der Waals surface area contributed by atoms with Crippen LogP contribution in [0.4, 0.5) is 8.78 Å². The summed E-state index contributed by atoms with van der Waals surface area (Å²) in [5.41, 5.74) is 6.06. The summed E-state index contributed by atoms with van der Waals surface area (Å²) in [7, 11) is 0. The third-order valence-electron chi connectivity index (χ3n) is 4.69. The lowest BCUT2D eigenvalue weighted by atomic mass is 9.71. The molecule has 0 spiro atoms. The van der Waals surface area contributed by atoms with Gasteiger partial charge in [-0.15, -0.1) is 12.4 Å². The Morgan fingerprint density at radius 3 is 2.52 bits per heavy atom. The lowest BCUT2D eigenvalue weighted by Gasteiger charge is -2.36. The average Bonchev–Trinajstić information content (AvgIpc) is 2.47. The van der Waals surface area contributed by atoms with Gasteiger partial charge in [-0.25, -0.2) is 8.78 Å². The number of nitrogens with two attached hydrogens (primary N) is 1. The van der Waals surface area contributed by atoms with Crippen LogP contribution < -0.4 is 11.1 Å². The number of hydrogen-bond acceptors (Lipinski definition) is 2. The number of halogens is 3. The van der Waals surface area contributed by atoms with Crippen LogP contribution in [0.5, 0.6) is 0 Å². The van der Waals surface area contributed by atoms with Gasteiger partial charge in [0, 0.05) is 18.1 Å². The van der Waals surface area contributed by atoms with Gasteiger partial charge in [0.2, 0.25) is 5.91 Å². The van der Waals surface area contributed by atoms with Crippen molar-refractivity contribution in [2.24, 2.45) is 11.1 Å². The first-order chi connectivity index (χ1) is 10.5. The van der Waals surface area contributed by atoms with Gasteiger partial charge in [0.05, 0.1) is 6.04 Å². The lowest BCUT2D eigenvalue weighted by molar-refractivity contribution is -0.124. The molecule has 1 aromatic carbocycles. The first kappa shape index (κ1) is 19.8. The highest BCUT2D eigenvalue weighted by Gasteiger charge is 2.33. The molecule has 0 aromatic heterocycles. The first-order valence-electron chi connectivity index (χ1n) is 7.90. The number of carbonyl (C=O) groups excluding carboxylic acids is 1. The molecule has 1 unspecified atom stereocenters. The molecule has 23 heavy (non-hydrogen) atoms. The molecular weight excluding hydrogens is 322 g/mol. The third-order valence-corrected chi connectivity index (χ3v) is 4.69. The number of rotatable bonds is 5. The van der Waals surface area contributed by atoms with Gasteiger partial charge in [0.1, 0.15) is 11.6 Å². The summed E-state index contributed by atoms with van der Waals surface area (Å²) in [4.78, 5) is 12.3. The van der Waals surface area contributed by atoms with Gasteiger partial charge in [-0.1, -0.05) is 25.3 Å². The van der Waals surface area contributed by atoms with Crippen molar-refractivity contribution in [2.75, 3.05) is 6.54 Å². The fourth-order valence-electron chi connectivity index (χ4n) is 3.32. The Hall–Kier alpha value is -1.20. The van der Waals surface area contributed by atoms with Crippen LogP contribution in [-0.4, -0.2) is 12.5 Å². The van der Waals surface area contributed by atoms with Gasteiger partial charge >= 0.3 is 0 Å². The van der Waals surface area contributed by atoms with Crippen LogP contribution in [0.3, 0.4) is 0 Å². The second kappa shape index (κ2) is 8.60. The third kappa shape index (κ3) is 5.15. The summed E-state index contributed by atoms with van der Waals surface area (Å²) in [6.45, 7) is 2.20. The van der Waals surface area contributed by atoms with Crippen molar-refractivity contribution in [3.8, 4) is 0 Å². The van der Waals surface area contributed by atoms with E-state index in [9.17, 15) is 13.6 Å². The average molecular weight is 347 g/mol. The molecule has 2 rings (SSSR count). The molecule has 1 saturated carbocycles. The van der Waals surface area contributed by atoms with Crippen LogP contribution in [0.25, 0.3) is 0 Å². The van der Waals surface area contributed by atoms with E-state index in [0.717, 1.165) is 31.7 Å². The van der Waals surface area contributed by atoms with Crippen LogP contribution in [-0.2, 0) is 4.79 Å². The summed E-state index contributed by atoms with van der Waals surface area (Å²) in [6.07, 6.45) is 5.71. The van der Waals surface area contributed by atoms with Gasteiger partial charge in [-0.2, -0.15) is 0 Å². The fourth-order valence-corrected chi connectivity index (χ4v) is 3.32. The Labute approximate surface area is 142 Å². The van der Waals surface area contributed by atoms with Gasteiger partial charge in [0.15, 0.2) is 0 Å². The van der Waals surface area contributed by atoms with Crippen LogP contribution >= 0.6 is 12.4 Å². The minimum Gasteiger partial charge on any atom is -0.349 e. The highest BCUT2D eigenvalue weighted by atomic mass is 35.5. The van der Waals surface area contributed by atoms with Gasteiger partial charge in [0.25, 0.3) is 0 Å². The predicted octanol–water partition coefficient (Wildman–Crippen LogP) is 3.86. The molecule has 6 heteroatoms. The molecule has 0 saturated heterocycles. The lowest BCUT2D eigenvalue weighted by Crippen LogP contribution is -2.39. The molecule has 3 N–H and O–H groups in total. The number of benzene rings is 1. The maximum atomic E-state index is 13.7. The van der Waals surface area contributed by atoms with Crippen molar-refractivity contribution in [3.05, 3.63) is 35.4 Å². The van der Waals surface area contributed by atoms with Gasteiger partial charge in [-0.3, -0.25) is 4.79 Å². The summed E-state index contributed by atoms with van der Waals surface area (Å²) in [5, 5.41) is 2.81. The molecule has 1 amide bonds. The van der Waals surface area contributed by atoms with E-state index in [1.165, 1.54) is 18.6 Å². The largest absolute Gasteiger partial charge is 0.349 e. The van der Waals surface area contributed by atoms with Gasteiger partial charge in [-0.05, 0) is 37.8 Å². The first-order valence-corrected chi connectivity index (χ1v) is 7.90. The molecule has 130 valence electrons. The molecule has 0 aliphatic heterocycles. The highest BCUT2D eigenvalue weighted by molar-refractivity contribution is 5.85. The number of hydrogen-bond donors (Lipinski definition) is 2. The summed E-state index contributed by atoms with van der Waals surface area (Å²) < 4.78 is 26.7. The molecule has 0 heterocycles. The Morgan fingerprint density at radius 2 is 1.96 bits per heavy atom. The van der Waals surface area contributed by atoms with E-state index in [4.69, 9.17) is 5.73 Å². The van der Waals surface area contributed by atoms with Crippen molar-refractivity contribution >= 4 is 18.3 Å². The van der Waals surface area contributed by atoms with Crippen LogP contribution in [0.2, 0.25) is 0 Å². The van der Waals surface area contributed by atoms with Gasteiger partial charge < -0.3 is 11.1 Å². The molecule has 1 atom stereocenters. The minimum absolute atomic E-state index is 0. The molecular formula is C17H25ClF2N2O. The Balaban J connectivity index is 0.00000264. The van der Waals surface area contributed by atoms with Crippen LogP contribution in [0, 0.1) is 17.0 Å². The van der Waals surface area contributed by atoms with Crippen molar-refractivity contribution in [3.63, 3.8) is 0 Å². The van der Waals surface area contributed by atoms with Crippen molar-refractivity contribution < 1.29 is 13.6 Å². The number of nitrogens with one attached hydrogen (secondary N) is 1. The maximum absolute atomic E-state index is 13.7. The van der Waals surface area contributed by atoms with E-state index in [2.05, 4.69) is 5.32 Å². The zero-order chi connectivity index (χ0) is 16.2. The second-order valence-corrected chi connectivity index (χ2v) is 6.40. The van der Waals surface area contributed by atoms with E-state index >= 15 is 0 Å². The number of carbonyl (C=O) groups is 1. The minimum atomic E-state index is -0.640. The summed E-state index contributed by atoms with van der Waals surface area (Å²) >= 11 is 0. The molecule has 3 nitrogen and oxygen atoms in total. The molecule has 1 aliphatic carbocycles. The predicted molar refractivity (Wildman–Crippen MR) is 89.4 cm³/mol. The number of amides is 1. The zero-order valence-electron chi connectivity index (χ0n) is 13.4. The van der Waals surface area contributed by atoms with E-state index in [0.29, 0.717) is 18.5 Å². The fraction of sp³-hybridized carbons (Fsp3) is 0.588. The summed E-state index contributed by atoms with van der Waals surface area (Å²) in [6, 6.07) is 2.91. The molecule has 1 aromatic rings. The Bertz CT molecular complexity index is 533. The molecule has 0 bridgehead atoms. The highest BCUT2D eigenvalue weighted by Crippen LogP contribution is 2.38. The maximum Gasteiger partial charge on any atom is 0.221 e. The Kier molecular flexibility index (Phi) is 7.42. The standard InChI is InChI=1S/C17H24F2N2O.ClH/c1-12(14-6-5-13(18)9-15(14)19)21-16(22)10-17(11-20)7-3-2-4-8-17;/h5-6,9,12H,2-4,7-8,10-11,20H2,1H3,(H,21,22);1H.